The van der Waals surface area contributed by atoms with E-state index in [1.165, 1.54) is 0 Å². The molecule has 2 heterocycles. The Bertz CT molecular complexity index is 452. The first-order chi connectivity index (χ1) is 9.26. The first-order valence-electron chi connectivity index (χ1n) is 6.77. The number of nitrogens with zero attached hydrogens (tertiary/aromatic N) is 1. The number of hydrogen-bond acceptors (Lipinski definition) is 5. The lowest BCUT2D eigenvalue weighted by Crippen LogP contribution is -2.47. The molecule has 0 amide bonds. The molecule has 0 radical (unpaired) electrons. The number of fused-ring (bicyclic) bond motifs is 1. The maximum Gasteiger partial charge on any atom is 0.231 e. The van der Waals surface area contributed by atoms with Crippen LogP contribution in [0.15, 0.2) is 18.2 Å². The standard InChI is InChI=1S/C14H20N2O3/c15-11-5-10(3-4-17)7-16(8-11)12-1-2-13-14(6-12)19-9-18-13/h1-2,6,10-11,17H,3-5,7-9,15H2. The van der Waals surface area contributed by atoms with Gasteiger partial charge in [-0.25, -0.2) is 0 Å². The van der Waals surface area contributed by atoms with Crippen molar-refractivity contribution in [1.82, 2.24) is 0 Å². The Morgan fingerprint density at radius 2 is 2.11 bits per heavy atom. The average molecular weight is 264 g/mol. The van der Waals surface area contributed by atoms with E-state index in [2.05, 4.69) is 4.90 Å². The molecule has 1 aromatic carbocycles. The number of benzene rings is 1. The van der Waals surface area contributed by atoms with Crippen LogP contribution in [0.2, 0.25) is 0 Å². The van der Waals surface area contributed by atoms with E-state index in [0.29, 0.717) is 12.7 Å². The van der Waals surface area contributed by atoms with Gasteiger partial charge in [-0.1, -0.05) is 0 Å². The number of piperidine rings is 1. The summed E-state index contributed by atoms with van der Waals surface area (Å²) in [5.74, 6) is 2.06. The van der Waals surface area contributed by atoms with Gasteiger partial charge in [0.25, 0.3) is 0 Å². The highest BCUT2D eigenvalue weighted by atomic mass is 16.7. The minimum atomic E-state index is 0.163. The first-order valence-corrected chi connectivity index (χ1v) is 6.77. The molecule has 2 unspecified atom stereocenters. The molecule has 1 fully saturated rings. The van der Waals surface area contributed by atoms with Gasteiger partial charge in [0, 0.05) is 37.5 Å². The van der Waals surface area contributed by atoms with Gasteiger partial charge >= 0.3 is 0 Å². The lowest BCUT2D eigenvalue weighted by atomic mass is 9.92. The Kier molecular flexibility index (Phi) is 3.48. The van der Waals surface area contributed by atoms with Crippen LogP contribution in [0.5, 0.6) is 11.5 Å². The summed E-state index contributed by atoms with van der Waals surface area (Å²) in [5.41, 5.74) is 7.23. The summed E-state index contributed by atoms with van der Waals surface area (Å²) < 4.78 is 10.7. The number of aliphatic hydroxyl groups is 1. The topological polar surface area (TPSA) is 68.0 Å². The fourth-order valence-electron chi connectivity index (χ4n) is 2.93. The van der Waals surface area contributed by atoms with E-state index < -0.39 is 0 Å². The summed E-state index contributed by atoms with van der Waals surface area (Å²) in [6.45, 7) is 2.31. The SMILES string of the molecule is NC1CC(CCO)CN(c2ccc3c(c2)OCO3)C1. The number of rotatable bonds is 3. The summed E-state index contributed by atoms with van der Waals surface area (Å²) >= 11 is 0. The van der Waals surface area contributed by atoms with Crippen molar-refractivity contribution in [2.75, 3.05) is 31.4 Å². The summed E-state index contributed by atoms with van der Waals surface area (Å²) in [4.78, 5) is 2.27. The van der Waals surface area contributed by atoms with Crippen LogP contribution < -0.4 is 20.1 Å². The van der Waals surface area contributed by atoms with Gasteiger partial charge in [0.1, 0.15) is 0 Å². The van der Waals surface area contributed by atoms with Crippen LogP contribution in [0.1, 0.15) is 12.8 Å². The van der Waals surface area contributed by atoms with Crippen molar-refractivity contribution in [3.05, 3.63) is 18.2 Å². The zero-order valence-electron chi connectivity index (χ0n) is 10.9. The minimum Gasteiger partial charge on any atom is -0.454 e. The lowest BCUT2D eigenvalue weighted by molar-refractivity contribution is 0.174. The second-order valence-corrected chi connectivity index (χ2v) is 5.32. The summed E-state index contributed by atoms with van der Waals surface area (Å²) in [5, 5.41) is 9.09. The molecule has 2 aliphatic rings. The molecule has 1 saturated heterocycles. The molecular weight excluding hydrogens is 244 g/mol. The maximum atomic E-state index is 9.09. The largest absolute Gasteiger partial charge is 0.454 e. The highest BCUT2D eigenvalue weighted by Gasteiger charge is 2.26. The number of nitrogens with two attached hydrogens (primary N) is 1. The second kappa shape index (κ2) is 5.27. The zero-order chi connectivity index (χ0) is 13.2. The average Bonchev–Trinajstić information content (AvgIpc) is 2.85. The van der Waals surface area contributed by atoms with Gasteiger partial charge in [0.05, 0.1) is 0 Å². The van der Waals surface area contributed by atoms with E-state index in [0.717, 1.165) is 43.1 Å². The maximum absolute atomic E-state index is 9.09. The molecular formula is C14H20N2O3. The molecule has 0 saturated carbocycles. The monoisotopic (exact) mass is 264 g/mol. The summed E-state index contributed by atoms with van der Waals surface area (Å²) in [7, 11) is 0. The normalized spacial score (nSPS) is 25.7. The number of ether oxygens (including phenoxy) is 2. The van der Waals surface area contributed by atoms with Crippen LogP contribution in [-0.2, 0) is 0 Å². The molecule has 3 N–H and O–H groups in total. The Balaban J connectivity index is 1.77. The third-order valence-electron chi connectivity index (χ3n) is 3.83. The van der Waals surface area contributed by atoms with E-state index in [9.17, 15) is 0 Å². The Hall–Kier alpha value is -1.46. The molecule has 0 aliphatic carbocycles. The zero-order valence-corrected chi connectivity index (χ0v) is 10.9. The summed E-state index contributed by atoms with van der Waals surface area (Å²) in [6.07, 6.45) is 1.80. The molecule has 104 valence electrons. The Labute approximate surface area is 112 Å². The first kappa shape index (κ1) is 12.6. The van der Waals surface area contributed by atoms with E-state index in [1.807, 2.05) is 18.2 Å². The van der Waals surface area contributed by atoms with Crippen molar-refractivity contribution in [3.63, 3.8) is 0 Å². The molecule has 0 aromatic heterocycles. The van der Waals surface area contributed by atoms with E-state index >= 15 is 0 Å². The Morgan fingerprint density at radius 1 is 1.26 bits per heavy atom. The van der Waals surface area contributed by atoms with Crippen molar-refractivity contribution in [2.45, 2.75) is 18.9 Å². The van der Waals surface area contributed by atoms with Crippen LogP contribution in [0.3, 0.4) is 0 Å². The molecule has 19 heavy (non-hydrogen) atoms. The molecule has 2 aliphatic heterocycles. The van der Waals surface area contributed by atoms with Crippen LogP contribution in [0.25, 0.3) is 0 Å². The van der Waals surface area contributed by atoms with Crippen LogP contribution in [-0.4, -0.2) is 37.6 Å². The van der Waals surface area contributed by atoms with Crippen molar-refractivity contribution < 1.29 is 14.6 Å². The highest BCUT2D eigenvalue weighted by molar-refractivity contribution is 5.57. The van der Waals surface area contributed by atoms with Crippen LogP contribution in [0.4, 0.5) is 5.69 Å². The van der Waals surface area contributed by atoms with Gasteiger partial charge < -0.3 is 25.2 Å². The van der Waals surface area contributed by atoms with Crippen LogP contribution in [0, 0.1) is 5.92 Å². The van der Waals surface area contributed by atoms with E-state index in [1.54, 1.807) is 0 Å². The third kappa shape index (κ3) is 2.62. The molecule has 5 nitrogen and oxygen atoms in total. The fourth-order valence-corrected chi connectivity index (χ4v) is 2.93. The summed E-state index contributed by atoms with van der Waals surface area (Å²) in [6, 6.07) is 6.16. The van der Waals surface area contributed by atoms with Crippen LogP contribution >= 0.6 is 0 Å². The molecule has 2 atom stereocenters. The van der Waals surface area contributed by atoms with Gasteiger partial charge in [-0.2, -0.15) is 0 Å². The molecule has 0 bridgehead atoms. The minimum absolute atomic E-state index is 0.163. The third-order valence-corrected chi connectivity index (χ3v) is 3.83. The molecule has 5 heteroatoms. The fraction of sp³-hybridized carbons (Fsp3) is 0.571. The van der Waals surface area contributed by atoms with Gasteiger partial charge in [-0.3, -0.25) is 0 Å². The molecule has 1 aromatic rings. The van der Waals surface area contributed by atoms with Gasteiger partial charge in [0.2, 0.25) is 6.79 Å². The lowest BCUT2D eigenvalue weighted by Gasteiger charge is -2.37. The number of hydrogen-bond donors (Lipinski definition) is 2. The second-order valence-electron chi connectivity index (χ2n) is 5.32. The van der Waals surface area contributed by atoms with Crippen molar-refractivity contribution in [2.24, 2.45) is 11.7 Å². The van der Waals surface area contributed by atoms with Crippen molar-refractivity contribution >= 4 is 5.69 Å². The highest BCUT2D eigenvalue weighted by Crippen LogP contribution is 2.36. The van der Waals surface area contributed by atoms with Crippen molar-refractivity contribution in [1.29, 1.82) is 0 Å². The smallest absolute Gasteiger partial charge is 0.231 e. The Morgan fingerprint density at radius 3 is 2.95 bits per heavy atom. The van der Waals surface area contributed by atoms with E-state index in [-0.39, 0.29) is 12.6 Å². The van der Waals surface area contributed by atoms with Crippen molar-refractivity contribution in [3.8, 4) is 11.5 Å². The predicted molar refractivity (Wildman–Crippen MR) is 72.6 cm³/mol. The van der Waals surface area contributed by atoms with Gasteiger partial charge in [-0.15, -0.1) is 0 Å². The van der Waals surface area contributed by atoms with E-state index in [4.69, 9.17) is 20.3 Å². The van der Waals surface area contributed by atoms with Gasteiger partial charge in [0.15, 0.2) is 11.5 Å². The molecule has 3 rings (SSSR count). The number of aliphatic hydroxyl groups excluding tert-OH is 1. The van der Waals surface area contributed by atoms with Gasteiger partial charge in [-0.05, 0) is 30.9 Å². The quantitative estimate of drug-likeness (QED) is 0.851. The molecule has 0 spiro atoms. The predicted octanol–water partition coefficient (Wildman–Crippen LogP) is 0.951. The number of anilines is 1.